The van der Waals surface area contributed by atoms with Gasteiger partial charge in [0, 0.05) is 38.4 Å². The van der Waals surface area contributed by atoms with Crippen molar-refractivity contribution in [2.45, 2.75) is 37.6 Å². The Labute approximate surface area is 101 Å². The summed E-state index contributed by atoms with van der Waals surface area (Å²) in [6, 6.07) is 0. The maximum absolute atomic E-state index is 11.9. The van der Waals surface area contributed by atoms with Gasteiger partial charge in [0.1, 0.15) is 0 Å². The molecule has 1 aliphatic carbocycles. The number of piperidine rings is 1. The second-order valence-corrected chi connectivity index (χ2v) is 5.30. The van der Waals surface area contributed by atoms with Crippen LogP contribution in [-0.2, 0) is 14.3 Å². The molecule has 1 amide bonds. The minimum atomic E-state index is -0.454. The Kier molecular flexibility index (Phi) is 2.84. The van der Waals surface area contributed by atoms with Crippen LogP contribution in [0, 0.1) is 5.92 Å². The minimum Gasteiger partial charge on any atom is -0.347 e. The Balaban J connectivity index is 1.55. The van der Waals surface area contributed by atoms with Gasteiger partial charge >= 0.3 is 0 Å². The molecular formula is C12H20N2O3. The van der Waals surface area contributed by atoms with Crippen LogP contribution in [0.5, 0.6) is 0 Å². The van der Waals surface area contributed by atoms with Gasteiger partial charge in [-0.2, -0.15) is 0 Å². The van der Waals surface area contributed by atoms with Gasteiger partial charge in [-0.25, -0.2) is 0 Å². The van der Waals surface area contributed by atoms with Crippen LogP contribution < -0.4 is 5.73 Å². The van der Waals surface area contributed by atoms with Crippen LogP contribution >= 0.6 is 0 Å². The van der Waals surface area contributed by atoms with Crippen molar-refractivity contribution >= 4 is 5.91 Å². The summed E-state index contributed by atoms with van der Waals surface area (Å²) in [5.41, 5.74) is 5.58. The highest BCUT2D eigenvalue weighted by molar-refractivity contribution is 5.81. The van der Waals surface area contributed by atoms with Crippen molar-refractivity contribution in [2.75, 3.05) is 26.2 Å². The van der Waals surface area contributed by atoms with E-state index in [2.05, 4.69) is 0 Å². The first-order valence-electron chi connectivity index (χ1n) is 6.53. The lowest BCUT2D eigenvalue weighted by molar-refractivity contribution is -0.195. The number of hydrogen-bond acceptors (Lipinski definition) is 4. The molecule has 0 aromatic heterocycles. The molecule has 1 spiro atoms. The van der Waals surface area contributed by atoms with Crippen molar-refractivity contribution in [1.82, 2.24) is 4.90 Å². The molecule has 17 heavy (non-hydrogen) atoms. The first-order valence-corrected chi connectivity index (χ1v) is 6.53. The Hall–Kier alpha value is -0.650. The third-order valence-electron chi connectivity index (χ3n) is 3.94. The Morgan fingerprint density at radius 1 is 1.35 bits per heavy atom. The number of nitrogens with two attached hydrogens (primary N) is 1. The lowest BCUT2D eigenvalue weighted by Gasteiger charge is -2.38. The molecule has 0 bridgehead atoms. The highest BCUT2D eigenvalue weighted by Gasteiger charge is 2.45. The Morgan fingerprint density at radius 2 is 2.06 bits per heavy atom. The quantitative estimate of drug-likeness (QED) is 0.743. The molecule has 1 unspecified atom stereocenters. The molecule has 3 aliphatic rings. The summed E-state index contributed by atoms with van der Waals surface area (Å²) in [5.74, 6) is 0.184. The van der Waals surface area contributed by atoms with E-state index in [1.165, 1.54) is 0 Å². The third-order valence-corrected chi connectivity index (χ3v) is 3.94. The molecule has 2 N–H and O–H groups in total. The van der Waals surface area contributed by atoms with Crippen molar-refractivity contribution in [1.29, 1.82) is 0 Å². The molecule has 1 saturated carbocycles. The molecule has 2 heterocycles. The predicted octanol–water partition coefficient (Wildman–Crippen LogP) is 0.0892. The number of nitrogens with zero attached hydrogens (tertiary/aromatic N) is 1. The van der Waals surface area contributed by atoms with Gasteiger partial charge in [0.2, 0.25) is 5.91 Å². The topological polar surface area (TPSA) is 64.8 Å². The van der Waals surface area contributed by atoms with Gasteiger partial charge in [0.05, 0.1) is 12.7 Å². The minimum absolute atomic E-state index is 0.0284. The summed E-state index contributed by atoms with van der Waals surface area (Å²) >= 11 is 0. The van der Waals surface area contributed by atoms with Crippen LogP contribution in [0.4, 0.5) is 0 Å². The summed E-state index contributed by atoms with van der Waals surface area (Å²) in [4.78, 5) is 13.9. The van der Waals surface area contributed by atoms with E-state index in [0.717, 1.165) is 38.8 Å². The maximum atomic E-state index is 11.9. The standard InChI is InChI=1S/C12H20N2O3/c13-7-10-8-16-12(17-10)3-5-14(6-4-12)11(15)9-1-2-9/h9-10H,1-8,13H2. The van der Waals surface area contributed by atoms with E-state index >= 15 is 0 Å². The molecule has 3 rings (SSSR count). The van der Waals surface area contributed by atoms with Crippen molar-refractivity contribution < 1.29 is 14.3 Å². The lowest BCUT2D eigenvalue weighted by atomic mass is 10.0. The number of likely N-dealkylation sites (tertiary alicyclic amines) is 1. The van der Waals surface area contributed by atoms with Gasteiger partial charge in [0.15, 0.2) is 5.79 Å². The second kappa shape index (κ2) is 4.23. The smallest absolute Gasteiger partial charge is 0.225 e. The van der Waals surface area contributed by atoms with E-state index < -0.39 is 5.79 Å². The Bertz CT molecular complexity index is 309. The molecule has 5 heteroatoms. The second-order valence-electron chi connectivity index (χ2n) is 5.30. The highest BCUT2D eigenvalue weighted by Crippen LogP contribution is 2.36. The number of carbonyl (C=O) groups is 1. The number of hydrogen-bond donors (Lipinski definition) is 1. The van der Waals surface area contributed by atoms with Gasteiger partial charge in [-0.1, -0.05) is 0 Å². The summed E-state index contributed by atoms with van der Waals surface area (Å²) in [5, 5.41) is 0. The molecule has 0 aromatic carbocycles. The third kappa shape index (κ3) is 2.19. The number of ether oxygens (including phenoxy) is 2. The molecule has 3 fully saturated rings. The van der Waals surface area contributed by atoms with E-state index in [1.807, 2.05) is 4.90 Å². The van der Waals surface area contributed by atoms with E-state index in [1.54, 1.807) is 0 Å². The molecule has 2 aliphatic heterocycles. The summed E-state index contributed by atoms with van der Waals surface area (Å²) in [6.45, 7) is 2.61. The number of carbonyl (C=O) groups excluding carboxylic acids is 1. The molecule has 0 aromatic rings. The first kappa shape index (κ1) is 11.4. The molecular weight excluding hydrogens is 220 g/mol. The monoisotopic (exact) mass is 240 g/mol. The molecule has 96 valence electrons. The summed E-state index contributed by atoms with van der Waals surface area (Å²) < 4.78 is 11.6. The van der Waals surface area contributed by atoms with Gasteiger partial charge in [-0.15, -0.1) is 0 Å². The maximum Gasteiger partial charge on any atom is 0.225 e. The van der Waals surface area contributed by atoms with Crippen LogP contribution in [0.15, 0.2) is 0 Å². The van der Waals surface area contributed by atoms with Gasteiger partial charge in [0.25, 0.3) is 0 Å². The van der Waals surface area contributed by atoms with E-state index in [4.69, 9.17) is 15.2 Å². The van der Waals surface area contributed by atoms with Crippen LogP contribution in [0.1, 0.15) is 25.7 Å². The average Bonchev–Trinajstić information content (AvgIpc) is 3.13. The number of rotatable bonds is 2. The zero-order valence-electron chi connectivity index (χ0n) is 10.1. The van der Waals surface area contributed by atoms with Crippen molar-refractivity contribution in [3.63, 3.8) is 0 Å². The zero-order chi connectivity index (χ0) is 11.9. The van der Waals surface area contributed by atoms with Crippen LogP contribution in [0.2, 0.25) is 0 Å². The fourth-order valence-corrected chi connectivity index (χ4v) is 2.65. The van der Waals surface area contributed by atoms with Crippen molar-refractivity contribution in [3.8, 4) is 0 Å². The fraction of sp³-hybridized carbons (Fsp3) is 0.917. The average molecular weight is 240 g/mol. The zero-order valence-corrected chi connectivity index (χ0v) is 10.1. The van der Waals surface area contributed by atoms with Gasteiger partial charge < -0.3 is 20.1 Å². The summed E-state index contributed by atoms with van der Waals surface area (Å²) in [6.07, 6.45) is 3.73. The van der Waals surface area contributed by atoms with E-state index in [0.29, 0.717) is 25.0 Å². The van der Waals surface area contributed by atoms with Crippen LogP contribution in [0.25, 0.3) is 0 Å². The van der Waals surface area contributed by atoms with Gasteiger partial charge in [-0.3, -0.25) is 4.79 Å². The van der Waals surface area contributed by atoms with Crippen molar-refractivity contribution in [2.24, 2.45) is 11.7 Å². The van der Waals surface area contributed by atoms with E-state index in [-0.39, 0.29) is 6.10 Å². The van der Waals surface area contributed by atoms with Crippen LogP contribution in [-0.4, -0.2) is 48.9 Å². The lowest BCUT2D eigenvalue weighted by Crippen LogP contribution is -2.48. The van der Waals surface area contributed by atoms with Crippen molar-refractivity contribution in [3.05, 3.63) is 0 Å². The van der Waals surface area contributed by atoms with Gasteiger partial charge in [-0.05, 0) is 12.8 Å². The molecule has 0 radical (unpaired) electrons. The largest absolute Gasteiger partial charge is 0.347 e. The normalized spacial score (nSPS) is 32.1. The van der Waals surface area contributed by atoms with Crippen LogP contribution in [0.3, 0.4) is 0 Å². The summed E-state index contributed by atoms with van der Waals surface area (Å²) in [7, 11) is 0. The molecule has 5 nitrogen and oxygen atoms in total. The SMILES string of the molecule is NCC1COC2(CCN(C(=O)C3CC3)CC2)O1. The van der Waals surface area contributed by atoms with E-state index in [9.17, 15) is 4.79 Å². The first-order chi connectivity index (χ1) is 8.22. The predicted molar refractivity (Wildman–Crippen MR) is 61.1 cm³/mol. The fourth-order valence-electron chi connectivity index (χ4n) is 2.65. The highest BCUT2D eigenvalue weighted by atomic mass is 16.7. The molecule has 1 atom stereocenters. The number of amides is 1. The molecule has 2 saturated heterocycles. The Morgan fingerprint density at radius 3 is 2.59 bits per heavy atom.